The van der Waals surface area contributed by atoms with E-state index in [0.717, 1.165) is 21.9 Å². The summed E-state index contributed by atoms with van der Waals surface area (Å²) in [5.41, 5.74) is 0.908. The van der Waals surface area contributed by atoms with Crippen molar-refractivity contribution in [2.24, 2.45) is 5.92 Å². The minimum Gasteiger partial charge on any atom is -0.481 e. The summed E-state index contributed by atoms with van der Waals surface area (Å²) in [5, 5.41) is 12.1. The van der Waals surface area contributed by atoms with Crippen LogP contribution < -0.4 is 0 Å². The number of carboxylic acids is 1. The van der Waals surface area contributed by atoms with E-state index in [4.69, 9.17) is 0 Å². The normalized spacial score (nSPS) is 15.2. The Morgan fingerprint density at radius 3 is 2.37 bits per heavy atom. The van der Waals surface area contributed by atoms with Crippen molar-refractivity contribution in [1.29, 1.82) is 0 Å². The number of allylic oxidation sites excluding steroid dienone is 1. The molecule has 3 aromatic rings. The first kappa shape index (κ1) is 22.0. The minimum atomic E-state index is -3.77. The Morgan fingerprint density at radius 1 is 1.00 bits per heavy atom. The molecule has 0 spiro atoms. The number of carbonyl (C=O) groups is 1. The van der Waals surface area contributed by atoms with Gasteiger partial charge in [0.15, 0.2) is 0 Å². The Labute approximate surface area is 177 Å². The molecule has 156 valence electrons. The lowest BCUT2D eigenvalue weighted by Crippen LogP contribution is -2.29. The summed E-state index contributed by atoms with van der Waals surface area (Å²) in [4.78, 5) is 23.0. The van der Waals surface area contributed by atoms with Crippen molar-refractivity contribution < 1.29 is 19.4 Å². The van der Waals surface area contributed by atoms with E-state index < -0.39 is 24.9 Å². The van der Waals surface area contributed by atoms with Crippen LogP contribution >= 0.6 is 7.37 Å². The molecule has 3 atom stereocenters. The molecule has 3 rings (SSSR count). The van der Waals surface area contributed by atoms with Crippen LogP contribution in [0.4, 0.5) is 0 Å². The number of aryl methyl sites for hydroxylation is 1. The van der Waals surface area contributed by atoms with Gasteiger partial charge in [-0.2, -0.15) is 0 Å². The number of hydrogen-bond acceptors (Lipinski definition) is 2. The third kappa shape index (κ3) is 5.27. The van der Waals surface area contributed by atoms with E-state index in [9.17, 15) is 19.4 Å². The fraction of sp³-hybridized carbons (Fsp3) is 0.240. The third-order valence-corrected chi connectivity index (χ3v) is 7.99. The highest BCUT2D eigenvalue weighted by Gasteiger charge is 2.40. The molecule has 0 aliphatic carbocycles. The minimum absolute atomic E-state index is 0.0373. The van der Waals surface area contributed by atoms with E-state index in [1.165, 1.54) is 0 Å². The van der Waals surface area contributed by atoms with Crippen molar-refractivity contribution in [1.82, 2.24) is 0 Å². The van der Waals surface area contributed by atoms with Crippen LogP contribution in [0.2, 0.25) is 0 Å². The molecule has 0 heterocycles. The lowest BCUT2D eigenvalue weighted by Gasteiger charge is -2.28. The molecule has 3 unspecified atom stereocenters. The van der Waals surface area contributed by atoms with Crippen molar-refractivity contribution in [2.75, 3.05) is 0 Å². The molecule has 0 aromatic heterocycles. The van der Waals surface area contributed by atoms with Crippen LogP contribution in [-0.4, -0.2) is 21.6 Å². The molecular formula is C25H27O4P. The Bertz CT molecular complexity index is 1060. The summed E-state index contributed by atoms with van der Waals surface area (Å²) in [6, 6.07) is 23.0. The van der Waals surface area contributed by atoms with Gasteiger partial charge < -0.3 is 10.00 Å². The van der Waals surface area contributed by atoms with Gasteiger partial charge in [0.2, 0.25) is 7.37 Å². The molecule has 5 heteroatoms. The van der Waals surface area contributed by atoms with Gasteiger partial charge in [-0.25, -0.2) is 0 Å². The molecule has 0 bridgehead atoms. The summed E-state index contributed by atoms with van der Waals surface area (Å²) in [7, 11) is -3.77. The van der Waals surface area contributed by atoms with Crippen molar-refractivity contribution in [2.45, 2.75) is 31.1 Å². The van der Waals surface area contributed by atoms with Crippen molar-refractivity contribution >= 4 is 24.1 Å². The van der Waals surface area contributed by atoms with E-state index in [1.807, 2.05) is 60.7 Å². The largest absolute Gasteiger partial charge is 0.481 e. The Hall–Kier alpha value is -2.68. The van der Waals surface area contributed by atoms with Crippen LogP contribution in [0.15, 0.2) is 85.5 Å². The predicted molar refractivity (Wildman–Crippen MR) is 122 cm³/mol. The average molecular weight is 422 g/mol. The van der Waals surface area contributed by atoms with Gasteiger partial charge in [-0.05, 0) is 41.2 Å². The summed E-state index contributed by atoms with van der Waals surface area (Å²) in [6.45, 7) is 3.70. The molecular weight excluding hydrogens is 395 g/mol. The molecule has 0 saturated carbocycles. The van der Waals surface area contributed by atoms with Gasteiger partial charge in [0.05, 0.1) is 11.6 Å². The first-order valence-corrected chi connectivity index (χ1v) is 12.0. The molecule has 0 radical (unpaired) electrons. The van der Waals surface area contributed by atoms with Crippen LogP contribution in [-0.2, 0) is 21.9 Å². The van der Waals surface area contributed by atoms with Crippen LogP contribution in [0.3, 0.4) is 0 Å². The molecule has 0 fully saturated rings. The van der Waals surface area contributed by atoms with Crippen molar-refractivity contribution in [3.8, 4) is 0 Å². The smallest absolute Gasteiger partial charge is 0.307 e. The predicted octanol–water partition coefficient (Wildman–Crippen LogP) is 5.89. The van der Waals surface area contributed by atoms with Crippen LogP contribution in [0.5, 0.6) is 0 Å². The first-order chi connectivity index (χ1) is 14.4. The van der Waals surface area contributed by atoms with Gasteiger partial charge in [0, 0.05) is 6.16 Å². The van der Waals surface area contributed by atoms with Gasteiger partial charge >= 0.3 is 5.97 Å². The summed E-state index contributed by atoms with van der Waals surface area (Å²) < 4.78 is 13.3. The van der Waals surface area contributed by atoms with Gasteiger partial charge in [-0.3, -0.25) is 9.36 Å². The molecule has 0 saturated heterocycles. The van der Waals surface area contributed by atoms with Gasteiger partial charge in [-0.1, -0.05) is 78.9 Å². The van der Waals surface area contributed by atoms with E-state index >= 15 is 0 Å². The Kier molecular flexibility index (Phi) is 7.25. The standard InChI is InChI=1S/C25H27O4P/c1-2-9-24(30(28,29)18-19-10-4-3-5-11-19)23(25(26)27)17-16-21-14-8-13-20-12-6-7-15-22(20)21/h2-8,10-15,23-24H,1,9,16-18H2,(H,26,27)(H,28,29). The zero-order chi connectivity index (χ0) is 21.6. The summed E-state index contributed by atoms with van der Waals surface area (Å²) in [6.07, 6.45) is 2.52. The maximum absolute atomic E-state index is 13.3. The highest BCUT2D eigenvalue weighted by atomic mass is 31.2. The fourth-order valence-electron chi connectivity index (χ4n) is 4.05. The number of benzene rings is 3. The van der Waals surface area contributed by atoms with Gasteiger partial charge in [0.25, 0.3) is 0 Å². The van der Waals surface area contributed by atoms with E-state index in [1.54, 1.807) is 18.2 Å². The quantitative estimate of drug-likeness (QED) is 0.316. The Balaban J connectivity index is 1.85. The highest BCUT2D eigenvalue weighted by molar-refractivity contribution is 7.58. The summed E-state index contributed by atoms with van der Waals surface area (Å²) in [5.74, 6) is -1.97. The SMILES string of the molecule is C=CCC(C(CCc1cccc2ccccc12)C(=O)O)P(=O)(O)Cc1ccccc1. The number of hydrogen-bond donors (Lipinski definition) is 2. The average Bonchev–Trinajstić information content (AvgIpc) is 2.73. The molecule has 4 nitrogen and oxygen atoms in total. The van der Waals surface area contributed by atoms with E-state index in [0.29, 0.717) is 12.8 Å². The zero-order valence-corrected chi connectivity index (χ0v) is 17.7. The maximum atomic E-state index is 13.3. The number of rotatable bonds is 10. The maximum Gasteiger partial charge on any atom is 0.307 e. The van der Waals surface area contributed by atoms with E-state index in [-0.39, 0.29) is 12.6 Å². The fourth-order valence-corrected chi connectivity index (χ4v) is 6.33. The number of aliphatic carboxylic acids is 1. The topological polar surface area (TPSA) is 74.6 Å². The van der Waals surface area contributed by atoms with Crippen LogP contribution in [0.25, 0.3) is 10.8 Å². The monoisotopic (exact) mass is 422 g/mol. The zero-order valence-electron chi connectivity index (χ0n) is 16.9. The number of fused-ring (bicyclic) bond motifs is 1. The molecule has 30 heavy (non-hydrogen) atoms. The van der Waals surface area contributed by atoms with Crippen LogP contribution in [0.1, 0.15) is 24.0 Å². The van der Waals surface area contributed by atoms with Crippen LogP contribution in [0, 0.1) is 5.92 Å². The summed E-state index contributed by atoms with van der Waals surface area (Å²) >= 11 is 0. The molecule has 0 aliphatic heterocycles. The second-order valence-electron chi connectivity index (χ2n) is 7.61. The lowest BCUT2D eigenvalue weighted by molar-refractivity contribution is -0.142. The highest BCUT2D eigenvalue weighted by Crippen LogP contribution is 2.54. The van der Waals surface area contributed by atoms with E-state index in [2.05, 4.69) is 6.58 Å². The first-order valence-electron chi connectivity index (χ1n) is 10.1. The van der Waals surface area contributed by atoms with Crippen molar-refractivity contribution in [3.63, 3.8) is 0 Å². The third-order valence-electron chi connectivity index (χ3n) is 5.56. The second kappa shape index (κ2) is 9.88. The molecule has 0 amide bonds. The molecule has 3 aromatic carbocycles. The second-order valence-corrected chi connectivity index (χ2v) is 10.1. The van der Waals surface area contributed by atoms with Gasteiger partial charge in [0.1, 0.15) is 0 Å². The molecule has 0 aliphatic rings. The van der Waals surface area contributed by atoms with Crippen molar-refractivity contribution in [3.05, 3.63) is 96.6 Å². The Morgan fingerprint density at radius 2 is 1.67 bits per heavy atom. The number of carboxylic acid groups (broad SMARTS) is 1. The lowest BCUT2D eigenvalue weighted by atomic mass is 9.92. The molecule has 2 N–H and O–H groups in total. The van der Waals surface area contributed by atoms with Gasteiger partial charge in [-0.15, -0.1) is 6.58 Å².